The number of nitrogens with one attached hydrogen (secondary N) is 1. The van der Waals surface area contributed by atoms with E-state index in [1.165, 1.54) is 43.2 Å². The molecule has 1 aliphatic rings. The number of hydrogen-bond donors (Lipinski definition) is 1. The van der Waals surface area contributed by atoms with Crippen molar-refractivity contribution in [3.05, 3.63) is 41.0 Å². The first-order valence-electron chi connectivity index (χ1n) is 8.72. The van der Waals surface area contributed by atoms with Crippen molar-refractivity contribution in [1.82, 2.24) is 5.32 Å². The first kappa shape index (κ1) is 16.3. The molecule has 2 rings (SSSR count). The summed E-state index contributed by atoms with van der Waals surface area (Å²) in [6.45, 7) is 8.80. The normalized spacial score (nSPS) is 17.4. The van der Waals surface area contributed by atoms with Gasteiger partial charge in [-0.05, 0) is 42.3 Å². The van der Waals surface area contributed by atoms with Crippen LogP contribution < -0.4 is 5.32 Å². The molecule has 0 bridgehead atoms. The summed E-state index contributed by atoms with van der Waals surface area (Å²) in [6.07, 6.45) is 9.42. The maximum Gasteiger partial charge on any atom is 0.0170 e. The first-order chi connectivity index (χ1) is 10.2. The fourth-order valence-corrected chi connectivity index (χ4v) is 3.25. The molecule has 0 unspecified atom stereocenters. The maximum absolute atomic E-state index is 3.53. The summed E-state index contributed by atoms with van der Waals surface area (Å²) in [4.78, 5) is 0. The molecule has 1 N–H and O–H groups in total. The van der Waals surface area contributed by atoms with Crippen molar-refractivity contribution in [2.45, 2.75) is 58.8 Å². The van der Waals surface area contributed by atoms with Crippen LogP contribution in [0.15, 0.2) is 29.8 Å². The molecule has 0 radical (unpaired) electrons. The maximum atomic E-state index is 3.53. The molecule has 0 amide bonds. The van der Waals surface area contributed by atoms with E-state index in [-0.39, 0.29) is 0 Å². The molecule has 1 fully saturated rings. The van der Waals surface area contributed by atoms with Gasteiger partial charge in [-0.25, -0.2) is 0 Å². The Hall–Kier alpha value is -1.08. The van der Waals surface area contributed by atoms with Gasteiger partial charge in [-0.1, -0.05) is 75.9 Å². The molecule has 0 atom stereocenters. The van der Waals surface area contributed by atoms with Crippen molar-refractivity contribution in [1.29, 1.82) is 0 Å². The van der Waals surface area contributed by atoms with E-state index in [1.807, 2.05) is 0 Å². The summed E-state index contributed by atoms with van der Waals surface area (Å²) < 4.78 is 0. The van der Waals surface area contributed by atoms with Gasteiger partial charge in [-0.15, -0.1) is 0 Å². The summed E-state index contributed by atoms with van der Waals surface area (Å²) in [5, 5.41) is 3.53. The van der Waals surface area contributed by atoms with Gasteiger partial charge in [0.1, 0.15) is 0 Å². The molecular weight excluding hydrogens is 254 g/mol. The van der Waals surface area contributed by atoms with Crippen molar-refractivity contribution in [3.8, 4) is 0 Å². The van der Waals surface area contributed by atoms with Crippen molar-refractivity contribution in [2.24, 2.45) is 5.92 Å². The van der Waals surface area contributed by atoms with Gasteiger partial charge in [0, 0.05) is 6.54 Å². The topological polar surface area (TPSA) is 12.0 Å². The zero-order valence-corrected chi connectivity index (χ0v) is 14.0. The lowest BCUT2D eigenvalue weighted by atomic mass is 9.83. The molecule has 0 heterocycles. The van der Waals surface area contributed by atoms with Gasteiger partial charge in [0.05, 0.1) is 0 Å². The summed E-state index contributed by atoms with van der Waals surface area (Å²) in [5.41, 5.74) is 4.39. The molecule has 1 aliphatic carbocycles. The lowest BCUT2D eigenvalue weighted by molar-refractivity contribution is 0.397. The summed E-state index contributed by atoms with van der Waals surface area (Å²) in [5.74, 6) is 1.41. The van der Waals surface area contributed by atoms with Crippen LogP contribution in [0.1, 0.15) is 69.9 Å². The van der Waals surface area contributed by atoms with Crippen LogP contribution in [0.5, 0.6) is 0 Å². The molecule has 1 aromatic carbocycles. The molecule has 0 aliphatic heterocycles. The average Bonchev–Trinajstić information content (AvgIpc) is 2.52. The molecule has 0 saturated heterocycles. The van der Waals surface area contributed by atoms with E-state index in [0.717, 1.165) is 19.0 Å². The molecule has 1 aromatic rings. The van der Waals surface area contributed by atoms with E-state index in [9.17, 15) is 0 Å². The van der Waals surface area contributed by atoms with Crippen molar-refractivity contribution in [2.75, 3.05) is 13.1 Å². The van der Waals surface area contributed by atoms with Gasteiger partial charge in [0.15, 0.2) is 0 Å². The van der Waals surface area contributed by atoms with Crippen LogP contribution in [0.3, 0.4) is 0 Å². The predicted octanol–water partition coefficient (Wildman–Crippen LogP) is 5.38. The second kappa shape index (κ2) is 8.38. The predicted molar refractivity (Wildman–Crippen MR) is 93.6 cm³/mol. The Morgan fingerprint density at radius 1 is 1.14 bits per heavy atom. The third-order valence-corrected chi connectivity index (χ3v) is 4.66. The second-order valence-electron chi connectivity index (χ2n) is 6.66. The third kappa shape index (κ3) is 5.00. The van der Waals surface area contributed by atoms with Crippen molar-refractivity contribution in [3.63, 3.8) is 0 Å². The highest BCUT2D eigenvalue weighted by atomic mass is 14.8. The summed E-state index contributed by atoms with van der Waals surface area (Å²) >= 11 is 0. The van der Waals surface area contributed by atoms with Gasteiger partial charge in [0.25, 0.3) is 0 Å². The molecular formula is C20H31N. The van der Waals surface area contributed by atoms with Gasteiger partial charge < -0.3 is 5.32 Å². The summed E-state index contributed by atoms with van der Waals surface area (Å²) in [7, 11) is 0. The van der Waals surface area contributed by atoms with Crippen LogP contribution in [0, 0.1) is 5.92 Å². The minimum absolute atomic E-state index is 0.614. The second-order valence-corrected chi connectivity index (χ2v) is 6.66. The molecule has 116 valence electrons. The van der Waals surface area contributed by atoms with E-state index >= 15 is 0 Å². The van der Waals surface area contributed by atoms with Crippen LogP contribution >= 0.6 is 0 Å². The largest absolute Gasteiger partial charge is 0.313 e. The van der Waals surface area contributed by atoms with Crippen LogP contribution in [-0.4, -0.2) is 13.1 Å². The molecule has 0 aromatic heterocycles. The van der Waals surface area contributed by atoms with E-state index in [1.54, 1.807) is 5.57 Å². The minimum atomic E-state index is 0.614. The smallest absolute Gasteiger partial charge is 0.0170 e. The monoisotopic (exact) mass is 285 g/mol. The Morgan fingerprint density at radius 3 is 2.38 bits per heavy atom. The third-order valence-electron chi connectivity index (χ3n) is 4.66. The number of rotatable bonds is 6. The number of hydrogen-bond acceptors (Lipinski definition) is 1. The first-order valence-corrected chi connectivity index (χ1v) is 8.72. The van der Waals surface area contributed by atoms with E-state index < -0.39 is 0 Å². The number of likely N-dealkylation sites (N-methyl/N-ethyl adjacent to an activating group) is 1. The van der Waals surface area contributed by atoms with Crippen molar-refractivity contribution >= 4 is 6.08 Å². The molecule has 0 spiro atoms. The SMILES string of the molecule is CCNC/C(=C/c1ccc(C(C)C)cc1)C1CCCCC1. The Morgan fingerprint density at radius 2 is 1.81 bits per heavy atom. The van der Waals surface area contributed by atoms with Crippen molar-refractivity contribution < 1.29 is 0 Å². The Kier molecular flexibility index (Phi) is 6.50. The van der Waals surface area contributed by atoms with E-state index in [0.29, 0.717) is 5.92 Å². The van der Waals surface area contributed by atoms with Crippen LogP contribution in [0.25, 0.3) is 6.08 Å². The molecule has 21 heavy (non-hydrogen) atoms. The Bertz CT molecular complexity index is 435. The highest BCUT2D eigenvalue weighted by Crippen LogP contribution is 2.30. The van der Waals surface area contributed by atoms with Gasteiger partial charge in [0.2, 0.25) is 0 Å². The fourth-order valence-electron chi connectivity index (χ4n) is 3.25. The standard InChI is InChI=1S/C20H31N/c1-4-21-15-20(19-8-6-5-7-9-19)14-17-10-12-18(13-11-17)16(2)3/h10-14,16,19,21H,4-9,15H2,1-3H3/b20-14-. The molecule has 1 heteroatoms. The Balaban J connectivity index is 2.13. The zero-order chi connectivity index (χ0) is 15.1. The minimum Gasteiger partial charge on any atom is -0.313 e. The fraction of sp³-hybridized carbons (Fsp3) is 0.600. The lowest BCUT2D eigenvalue weighted by Gasteiger charge is -2.25. The molecule has 1 saturated carbocycles. The van der Waals surface area contributed by atoms with E-state index in [4.69, 9.17) is 0 Å². The van der Waals surface area contributed by atoms with Crippen LogP contribution in [0.2, 0.25) is 0 Å². The lowest BCUT2D eigenvalue weighted by Crippen LogP contribution is -2.22. The Labute approximate surface area is 130 Å². The van der Waals surface area contributed by atoms with Gasteiger partial charge in [-0.3, -0.25) is 0 Å². The average molecular weight is 285 g/mol. The van der Waals surface area contributed by atoms with Gasteiger partial charge in [-0.2, -0.15) is 0 Å². The molecule has 1 nitrogen and oxygen atoms in total. The highest BCUT2D eigenvalue weighted by molar-refractivity contribution is 5.54. The van der Waals surface area contributed by atoms with Gasteiger partial charge >= 0.3 is 0 Å². The van der Waals surface area contributed by atoms with Crippen LogP contribution in [0.4, 0.5) is 0 Å². The number of benzene rings is 1. The van der Waals surface area contributed by atoms with E-state index in [2.05, 4.69) is 56.4 Å². The highest BCUT2D eigenvalue weighted by Gasteiger charge is 2.17. The van der Waals surface area contributed by atoms with Crippen LogP contribution in [-0.2, 0) is 0 Å². The zero-order valence-electron chi connectivity index (χ0n) is 14.0. The quantitative estimate of drug-likeness (QED) is 0.739. The summed E-state index contributed by atoms with van der Waals surface area (Å²) in [6, 6.07) is 9.12.